The van der Waals surface area contributed by atoms with Crippen LogP contribution in [0.3, 0.4) is 0 Å². The summed E-state index contributed by atoms with van der Waals surface area (Å²) in [5.74, 6) is 0.827. The van der Waals surface area contributed by atoms with Crippen molar-refractivity contribution in [3.8, 4) is 0 Å². The third-order valence-corrected chi connectivity index (χ3v) is 2.36. The number of amides is 1. The van der Waals surface area contributed by atoms with Crippen LogP contribution >= 0.6 is 0 Å². The van der Waals surface area contributed by atoms with Gasteiger partial charge in [0.15, 0.2) is 0 Å². The molecule has 0 saturated carbocycles. The molecule has 0 spiro atoms. The fourth-order valence-corrected chi connectivity index (χ4v) is 1.23. The molecule has 1 heterocycles. The van der Waals surface area contributed by atoms with E-state index in [4.69, 9.17) is 5.11 Å². The van der Waals surface area contributed by atoms with E-state index in [1.54, 1.807) is 32.4 Å². The molecule has 0 radical (unpaired) electrons. The molecule has 0 aliphatic carbocycles. The van der Waals surface area contributed by atoms with Crippen molar-refractivity contribution in [3.05, 3.63) is 23.9 Å². The second-order valence-electron chi connectivity index (χ2n) is 4.30. The Morgan fingerprint density at radius 1 is 1.53 bits per heavy atom. The van der Waals surface area contributed by atoms with Crippen LogP contribution in [0.4, 0.5) is 5.82 Å². The van der Waals surface area contributed by atoms with Crippen molar-refractivity contribution in [2.75, 3.05) is 32.6 Å². The largest absolute Gasteiger partial charge is 0.396 e. The van der Waals surface area contributed by atoms with Crippen molar-refractivity contribution in [2.24, 2.45) is 5.92 Å². The van der Waals surface area contributed by atoms with Crippen molar-refractivity contribution in [3.63, 3.8) is 0 Å². The lowest BCUT2D eigenvalue weighted by Gasteiger charge is -2.12. The molecule has 5 nitrogen and oxygen atoms in total. The van der Waals surface area contributed by atoms with Gasteiger partial charge in [-0.1, -0.05) is 6.92 Å². The summed E-state index contributed by atoms with van der Waals surface area (Å²) < 4.78 is 0. The van der Waals surface area contributed by atoms with Gasteiger partial charge in [-0.05, 0) is 18.1 Å². The van der Waals surface area contributed by atoms with E-state index in [1.165, 1.54) is 4.90 Å². The maximum atomic E-state index is 11.6. The molecule has 0 aliphatic heterocycles. The fraction of sp³-hybridized carbons (Fsp3) is 0.500. The molecule has 1 aromatic heterocycles. The van der Waals surface area contributed by atoms with Crippen LogP contribution in [0, 0.1) is 5.92 Å². The van der Waals surface area contributed by atoms with E-state index in [9.17, 15) is 4.79 Å². The zero-order chi connectivity index (χ0) is 12.8. The number of nitrogens with zero attached hydrogens (tertiary/aromatic N) is 2. The van der Waals surface area contributed by atoms with Gasteiger partial charge in [0.1, 0.15) is 5.82 Å². The van der Waals surface area contributed by atoms with Crippen LogP contribution in [0.1, 0.15) is 17.3 Å². The van der Waals surface area contributed by atoms with Gasteiger partial charge in [0.25, 0.3) is 5.91 Å². The zero-order valence-electron chi connectivity index (χ0n) is 10.5. The number of aliphatic hydroxyl groups excluding tert-OH is 1. The number of carbonyl (C=O) groups excluding carboxylic acids is 1. The summed E-state index contributed by atoms with van der Waals surface area (Å²) in [6.07, 6.45) is 1.55. The van der Waals surface area contributed by atoms with Gasteiger partial charge in [0, 0.05) is 33.4 Å². The van der Waals surface area contributed by atoms with Gasteiger partial charge in [0.05, 0.1) is 5.56 Å². The van der Waals surface area contributed by atoms with Crippen LogP contribution in [0.25, 0.3) is 0 Å². The predicted octanol–water partition coefficient (Wildman–Crippen LogP) is 0.824. The molecule has 1 rings (SSSR count). The Hall–Kier alpha value is -1.62. The van der Waals surface area contributed by atoms with E-state index in [1.807, 2.05) is 6.92 Å². The van der Waals surface area contributed by atoms with Crippen molar-refractivity contribution in [1.29, 1.82) is 0 Å². The Balaban J connectivity index is 2.59. The van der Waals surface area contributed by atoms with Crippen molar-refractivity contribution in [2.45, 2.75) is 6.92 Å². The average molecular weight is 237 g/mol. The summed E-state index contributed by atoms with van der Waals surface area (Å²) in [6.45, 7) is 2.74. The summed E-state index contributed by atoms with van der Waals surface area (Å²) >= 11 is 0. The molecule has 1 amide bonds. The minimum absolute atomic E-state index is 0.0622. The van der Waals surface area contributed by atoms with Crippen LogP contribution in [-0.4, -0.2) is 48.1 Å². The van der Waals surface area contributed by atoms with Gasteiger partial charge in [-0.2, -0.15) is 0 Å². The third kappa shape index (κ3) is 4.03. The standard InChI is InChI=1S/C12H19N3O2/c1-9(8-16)6-13-11-5-4-10(7-14-11)12(17)15(2)3/h4-5,7,9,16H,6,8H2,1-3H3,(H,13,14). The van der Waals surface area contributed by atoms with Gasteiger partial charge >= 0.3 is 0 Å². The normalized spacial score (nSPS) is 12.0. The highest BCUT2D eigenvalue weighted by atomic mass is 16.3. The molecular weight excluding hydrogens is 218 g/mol. The van der Waals surface area contributed by atoms with Crippen molar-refractivity contribution < 1.29 is 9.90 Å². The Kier molecular flexibility index (Phi) is 4.90. The molecule has 0 fully saturated rings. The molecule has 0 aromatic carbocycles. The molecule has 94 valence electrons. The number of pyridine rings is 1. The number of hydrogen-bond donors (Lipinski definition) is 2. The lowest BCUT2D eigenvalue weighted by atomic mass is 10.2. The highest BCUT2D eigenvalue weighted by Gasteiger charge is 2.08. The SMILES string of the molecule is CC(CO)CNc1ccc(C(=O)N(C)C)cn1. The first kappa shape index (κ1) is 13.4. The second-order valence-corrected chi connectivity index (χ2v) is 4.30. The van der Waals surface area contributed by atoms with Crippen LogP contribution < -0.4 is 5.32 Å². The molecule has 0 bridgehead atoms. The van der Waals surface area contributed by atoms with Gasteiger partial charge < -0.3 is 15.3 Å². The van der Waals surface area contributed by atoms with E-state index in [0.29, 0.717) is 17.9 Å². The number of nitrogens with one attached hydrogen (secondary N) is 1. The van der Waals surface area contributed by atoms with Crippen LogP contribution in [0.5, 0.6) is 0 Å². The summed E-state index contributed by atoms with van der Waals surface area (Å²) in [5, 5.41) is 12.0. The maximum Gasteiger partial charge on any atom is 0.254 e. The Morgan fingerprint density at radius 2 is 2.24 bits per heavy atom. The molecule has 5 heteroatoms. The van der Waals surface area contributed by atoms with Gasteiger partial charge in [-0.25, -0.2) is 4.98 Å². The minimum atomic E-state index is -0.0622. The van der Waals surface area contributed by atoms with Gasteiger partial charge in [-0.15, -0.1) is 0 Å². The highest BCUT2D eigenvalue weighted by Crippen LogP contribution is 2.07. The topological polar surface area (TPSA) is 65.5 Å². The lowest BCUT2D eigenvalue weighted by molar-refractivity contribution is 0.0827. The fourth-order valence-electron chi connectivity index (χ4n) is 1.23. The van der Waals surface area contributed by atoms with E-state index in [-0.39, 0.29) is 18.4 Å². The molecule has 0 aliphatic rings. The molecule has 1 atom stereocenters. The number of aliphatic hydroxyl groups is 1. The average Bonchev–Trinajstić information content (AvgIpc) is 2.35. The van der Waals surface area contributed by atoms with E-state index in [2.05, 4.69) is 10.3 Å². The second kappa shape index (κ2) is 6.20. The van der Waals surface area contributed by atoms with Crippen LogP contribution in [0.15, 0.2) is 18.3 Å². The van der Waals surface area contributed by atoms with Crippen molar-refractivity contribution >= 4 is 11.7 Å². The zero-order valence-corrected chi connectivity index (χ0v) is 10.5. The van der Waals surface area contributed by atoms with Gasteiger partial charge in [0.2, 0.25) is 0 Å². The quantitative estimate of drug-likeness (QED) is 0.796. The summed E-state index contributed by atoms with van der Waals surface area (Å²) in [6, 6.07) is 3.50. The monoisotopic (exact) mass is 237 g/mol. The summed E-state index contributed by atoms with van der Waals surface area (Å²) in [5.41, 5.74) is 0.566. The first-order valence-corrected chi connectivity index (χ1v) is 5.57. The van der Waals surface area contributed by atoms with Crippen LogP contribution in [-0.2, 0) is 0 Å². The molecule has 0 saturated heterocycles. The van der Waals surface area contributed by atoms with Gasteiger partial charge in [-0.3, -0.25) is 4.79 Å². The first-order valence-electron chi connectivity index (χ1n) is 5.57. The van der Waals surface area contributed by atoms with E-state index in [0.717, 1.165) is 0 Å². The number of carbonyl (C=O) groups is 1. The minimum Gasteiger partial charge on any atom is -0.396 e. The first-order chi connectivity index (χ1) is 8.04. The van der Waals surface area contributed by atoms with E-state index >= 15 is 0 Å². The Bertz CT molecular complexity index is 363. The molecule has 17 heavy (non-hydrogen) atoms. The lowest BCUT2D eigenvalue weighted by Crippen LogP contribution is -2.22. The predicted molar refractivity (Wildman–Crippen MR) is 67.0 cm³/mol. The smallest absolute Gasteiger partial charge is 0.254 e. The number of anilines is 1. The molecule has 1 unspecified atom stereocenters. The summed E-state index contributed by atoms with van der Waals surface area (Å²) in [4.78, 5) is 17.3. The molecule has 2 N–H and O–H groups in total. The number of rotatable bonds is 5. The molecular formula is C12H19N3O2. The third-order valence-electron chi connectivity index (χ3n) is 2.36. The van der Waals surface area contributed by atoms with Crippen molar-refractivity contribution in [1.82, 2.24) is 9.88 Å². The van der Waals surface area contributed by atoms with E-state index < -0.39 is 0 Å². The number of hydrogen-bond acceptors (Lipinski definition) is 4. The maximum absolute atomic E-state index is 11.6. The summed E-state index contributed by atoms with van der Waals surface area (Å²) in [7, 11) is 3.41. The number of aromatic nitrogens is 1. The molecule has 1 aromatic rings. The Morgan fingerprint density at radius 3 is 2.71 bits per heavy atom. The van der Waals surface area contributed by atoms with Crippen LogP contribution in [0.2, 0.25) is 0 Å². The highest BCUT2D eigenvalue weighted by molar-refractivity contribution is 5.93. The Labute approximate surface area is 101 Å².